The van der Waals surface area contributed by atoms with Crippen LogP contribution in [-0.2, 0) is 7.05 Å². The topological polar surface area (TPSA) is 34.9 Å². The lowest BCUT2D eigenvalue weighted by Crippen LogP contribution is -1.92. The molecule has 2 rings (SSSR count). The molecule has 0 atom stereocenters. The van der Waals surface area contributed by atoms with Gasteiger partial charge >= 0.3 is 0 Å². The maximum absolute atomic E-state index is 11.1. The molecule has 3 nitrogen and oxygen atoms in total. The number of carbonyl (C=O) groups is 1. The Balaban J connectivity index is 2.25. The lowest BCUT2D eigenvalue weighted by atomic mass is 10.1. The minimum Gasteiger partial charge on any atom is -0.295 e. The molecule has 0 aliphatic heterocycles. The molecule has 0 unspecified atom stereocenters. The van der Waals surface area contributed by atoms with Gasteiger partial charge in [-0.05, 0) is 26.0 Å². The van der Waals surface area contributed by atoms with Gasteiger partial charge in [-0.1, -0.05) is 24.0 Å². The summed E-state index contributed by atoms with van der Waals surface area (Å²) in [6.07, 6.45) is 1.76. The van der Waals surface area contributed by atoms with Crippen LogP contribution in [0.4, 0.5) is 0 Å². The highest BCUT2D eigenvalue weighted by Gasteiger charge is 2.00. The van der Waals surface area contributed by atoms with Gasteiger partial charge in [0, 0.05) is 18.2 Å². The Morgan fingerprint density at radius 1 is 1.22 bits per heavy atom. The van der Waals surface area contributed by atoms with Gasteiger partial charge in [0.2, 0.25) is 0 Å². The summed E-state index contributed by atoms with van der Waals surface area (Å²) in [4.78, 5) is 11.1. The molecule has 90 valence electrons. The van der Waals surface area contributed by atoms with Crippen LogP contribution in [0, 0.1) is 18.8 Å². The highest BCUT2D eigenvalue weighted by molar-refractivity contribution is 5.94. The number of hydrogen-bond acceptors (Lipinski definition) is 2. The molecule has 0 aliphatic rings. The van der Waals surface area contributed by atoms with Crippen molar-refractivity contribution in [3.8, 4) is 11.8 Å². The summed E-state index contributed by atoms with van der Waals surface area (Å²) in [7, 11) is 1.89. The van der Waals surface area contributed by atoms with Gasteiger partial charge in [0.25, 0.3) is 0 Å². The first-order valence-electron chi connectivity index (χ1n) is 5.69. The number of aromatic nitrogens is 2. The molecule has 2 aromatic rings. The minimum atomic E-state index is 0.0672. The molecule has 1 heterocycles. The number of carbonyl (C=O) groups excluding carboxylic acids is 1. The van der Waals surface area contributed by atoms with Gasteiger partial charge in [0.15, 0.2) is 5.78 Å². The van der Waals surface area contributed by atoms with Crippen molar-refractivity contribution >= 4 is 5.78 Å². The van der Waals surface area contributed by atoms with E-state index in [0.717, 1.165) is 16.8 Å². The van der Waals surface area contributed by atoms with Crippen molar-refractivity contribution in [3.05, 3.63) is 52.8 Å². The Labute approximate surface area is 106 Å². The molecule has 1 aromatic carbocycles. The van der Waals surface area contributed by atoms with Gasteiger partial charge in [-0.15, -0.1) is 0 Å². The van der Waals surface area contributed by atoms with Crippen LogP contribution >= 0.6 is 0 Å². The number of nitrogens with zero attached hydrogens (tertiary/aromatic N) is 2. The average Bonchev–Trinajstić information content (AvgIpc) is 2.68. The highest BCUT2D eigenvalue weighted by atomic mass is 16.1. The van der Waals surface area contributed by atoms with Crippen molar-refractivity contribution in [1.82, 2.24) is 9.78 Å². The van der Waals surface area contributed by atoms with E-state index in [9.17, 15) is 4.79 Å². The number of rotatable bonds is 1. The fourth-order valence-electron chi connectivity index (χ4n) is 1.55. The Kier molecular flexibility index (Phi) is 3.29. The predicted molar refractivity (Wildman–Crippen MR) is 70.4 cm³/mol. The van der Waals surface area contributed by atoms with Crippen LogP contribution in [0.25, 0.3) is 0 Å². The van der Waals surface area contributed by atoms with Gasteiger partial charge in [-0.2, -0.15) is 5.10 Å². The summed E-state index contributed by atoms with van der Waals surface area (Å²) in [5.74, 6) is 6.21. The lowest BCUT2D eigenvalue weighted by Gasteiger charge is -1.95. The summed E-state index contributed by atoms with van der Waals surface area (Å²) in [6.45, 7) is 3.54. The van der Waals surface area contributed by atoms with Crippen molar-refractivity contribution in [2.75, 3.05) is 0 Å². The van der Waals surface area contributed by atoms with Crippen LogP contribution < -0.4 is 0 Å². The Morgan fingerprint density at radius 2 is 1.89 bits per heavy atom. The smallest absolute Gasteiger partial charge is 0.159 e. The fourth-order valence-corrected chi connectivity index (χ4v) is 1.55. The molecule has 0 bridgehead atoms. The maximum atomic E-state index is 11.1. The molecule has 0 amide bonds. The first-order valence-corrected chi connectivity index (χ1v) is 5.69. The van der Waals surface area contributed by atoms with Crippen molar-refractivity contribution < 1.29 is 4.79 Å². The Morgan fingerprint density at radius 3 is 2.39 bits per heavy atom. The van der Waals surface area contributed by atoms with E-state index in [1.54, 1.807) is 29.9 Å². The number of ketones is 1. The van der Waals surface area contributed by atoms with E-state index in [0.29, 0.717) is 5.56 Å². The average molecular weight is 238 g/mol. The standard InChI is InChI=1S/C15H14N2O/c1-11-15(10-16-17(11)3)9-6-13-4-7-14(8-5-13)12(2)18/h4-5,7-8,10H,1-3H3. The van der Waals surface area contributed by atoms with Gasteiger partial charge in [-0.25, -0.2) is 0 Å². The zero-order valence-electron chi connectivity index (χ0n) is 10.7. The third kappa shape index (κ3) is 2.49. The van der Waals surface area contributed by atoms with Crippen LogP contribution in [0.5, 0.6) is 0 Å². The molecule has 0 aliphatic carbocycles. The predicted octanol–water partition coefficient (Wildman–Crippen LogP) is 2.33. The summed E-state index contributed by atoms with van der Waals surface area (Å²) in [5.41, 5.74) is 3.57. The zero-order valence-corrected chi connectivity index (χ0v) is 10.7. The number of aryl methyl sites for hydroxylation is 1. The lowest BCUT2D eigenvalue weighted by molar-refractivity contribution is 0.101. The highest BCUT2D eigenvalue weighted by Crippen LogP contribution is 2.06. The van der Waals surface area contributed by atoms with Crippen LogP contribution in [0.15, 0.2) is 30.5 Å². The third-order valence-corrected chi connectivity index (χ3v) is 2.87. The van der Waals surface area contributed by atoms with Crippen LogP contribution in [0.1, 0.15) is 34.1 Å². The van der Waals surface area contributed by atoms with Crippen LogP contribution in [-0.4, -0.2) is 15.6 Å². The van der Waals surface area contributed by atoms with E-state index in [-0.39, 0.29) is 5.78 Å². The second-order valence-corrected chi connectivity index (χ2v) is 4.15. The molecule has 1 aromatic heterocycles. The number of hydrogen-bond donors (Lipinski definition) is 0. The summed E-state index contributed by atoms with van der Waals surface area (Å²) < 4.78 is 1.79. The molecule has 18 heavy (non-hydrogen) atoms. The zero-order chi connectivity index (χ0) is 13.1. The van der Waals surface area contributed by atoms with Gasteiger partial charge in [-0.3, -0.25) is 9.48 Å². The van der Waals surface area contributed by atoms with E-state index in [4.69, 9.17) is 0 Å². The molecule has 3 heteroatoms. The Hall–Kier alpha value is -2.34. The third-order valence-electron chi connectivity index (χ3n) is 2.87. The molecule has 0 saturated heterocycles. The van der Waals surface area contributed by atoms with Gasteiger partial charge in [0.1, 0.15) is 0 Å². The maximum Gasteiger partial charge on any atom is 0.159 e. The first-order chi connectivity index (χ1) is 8.58. The largest absolute Gasteiger partial charge is 0.295 e. The molecular weight excluding hydrogens is 224 g/mol. The van der Waals surface area contributed by atoms with Crippen LogP contribution in [0.2, 0.25) is 0 Å². The van der Waals surface area contributed by atoms with Crippen molar-refractivity contribution in [2.24, 2.45) is 7.05 Å². The monoisotopic (exact) mass is 238 g/mol. The van der Waals surface area contributed by atoms with E-state index >= 15 is 0 Å². The summed E-state index contributed by atoms with van der Waals surface area (Å²) >= 11 is 0. The van der Waals surface area contributed by atoms with Crippen molar-refractivity contribution in [3.63, 3.8) is 0 Å². The molecule has 0 radical (unpaired) electrons. The molecule has 0 saturated carbocycles. The Bertz CT molecular complexity index is 639. The minimum absolute atomic E-state index is 0.0672. The second kappa shape index (κ2) is 4.89. The van der Waals surface area contributed by atoms with Gasteiger partial charge in [0.05, 0.1) is 17.5 Å². The molecule has 0 spiro atoms. The first kappa shape index (κ1) is 12.1. The van der Waals surface area contributed by atoms with E-state index in [1.807, 2.05) is 26.1 Å². The van der Waals surface area contributed by atoms with E-state index in [2.05, 4.69) is 16.9 Å². The van der Waals surface area contributed by atoms with Crippen LogP contribution in [0.3, 0.4) is 0 Å². The quantitative estimate of drug-likeness (QED) is 0.564. The van der Waals surface area contributed by atoms with Crippen molar-refractivity contribution in [1.29, 1.82) is 0 Å². The summed E-state index contributed by atoms with van der Waals surface area (Å²) in [5, 5.41) is 4.14. The molecular formula is C15H14N2O. The number of Topliss-reactive ketones (excluding diaryl/α,β-unsaturated/α-hetero) is 1. The second-order valence-electron chi connectivity index (χ2n) is 4.15. The van der Waals surface area contributed by atoms with Crippen molar-refractivity contribution in [2.45, 2.75) is 13.8 Å². The normalized spacial score (nSPS) is 9.72. The fraction of sp³-hybridized carbons (Fsp3) is 0.200. The summed E-state index contributed by atoms with van der Waals surface area (Å²) in [6, 6.07) is 7.30. The molecule has 0 fully saturated rings. The SMILES string of the molecule is CC(=O)c1ccc(C#Cc2cnn(C)c2C)cc1. The van der Waals surface area contributed by atoms with Gasteiger partial charge < -0.3 is 0 Å². The number of benzene rings is 1. The molecule has 0 N–H and O–H groups in total. The van der Waals surface area contributed by atoms with E-state index < -0.39 is 0 Å². The van der Waals surface area contributed by atoms with E-state index in [1.165, 1.54) is 0 Å².